The van der Waals surface area contributed by atoms with E-state index in [0.29, 0.717) is 24.0 Å². The van der Waals surface area contributed by atoms with Gasteiger partial charge < -0.3 is 11.1 Å². The Balaban J connectivity index is 1.35. The first kappa shape index (κ1) is 14.9. The summed E-state index contributed by atoms with van der Waals surface area (Å²) in [6.45, 7) is 0. The Morgan fingerprint density at radius 1 is 0.957 bits per heavy atom. The minimum atomic E-state index is 0.433. The molecule has 2 aromatic rings. The smallest absolute Gasteiger partial charge is 0.0346 e. The summed E-state index contributed by atoms with van der Waals surface area (Å²) in [6, 6.07) is 14.9. The molecule has 4 rings (SSSR count). The molecule has 1 heterocycles. The average molecular weight is 307 g/mol. The fourth-order valence-corrected chi connectivity index (χ4v) is 3.79. The second kappa shape index (κ2) is 6.42. The van der Waals surface area contributed by atoms with E-state index in [4.69, 9.17) is 5.73 Å². The predicted octanol–water partition coefficient (Wildman–Crippen LogP) is 3.46. The van der Waals surface area contributed by atoms with Gasteiger partial charge in [-0.15, -0.1) is 0 Å². The van der Waals surface area contributed by atoms with Crippen molar-refractivity contribution in [3.8, 4) is 11.1 Å². The van der Waals surface area contributed by atoms with Crippen molar-refractivity contribution in [3.05, 3.63) is 54.4 Å². The van der Waals surface area contributed by atoms with Crippen molar-refractivity contribution in [1.82, 2.24) is 10.3 Å². The van der Waals surface area contributed by atoms with E-state index in [1.807, 2.05) is 18.5 Å². The molecule has 3 N–H and O–H groups in total. The number of hydrogen-bond donors (Lipinski definition) is 2. The van der Waals surface area contributed by atoms with Gasteiger partial charge in [0, 0.05) is 36.4 Å². The molecule has 2 unspecified atom stereocenters. The van der Waals surface area contributed by atoms with E-state index in [1.165, 1.54) is 48.8 Å². The molecule has 2 saturated carbocycles. The Labute approximate surface area is 138 Å². The zero-order chi connectivity index (χ0) is 15.6. The van der Waals surface area contributed by atoms with Crippen molar-refractivity contribution >= 4 is 0 Å². The Hall–Kier alpha value is -1.71. The molecule has 0 saturated heterocycles. The van der Waals surface area contributed by atoms with Gasteiger partial charge in [0.2, 0.25) is 0 Å². The Morgan fingerprint density at radius 2 is 1.74 bits per heavy atom. The molecule has 0 radical (unpaired) electrons. The second-order valence-electron chi connectivity index (χ2n) is 7.09. The highest BCUT2D eigenvalue weighted by Gasteiger charge is 2.39. The van der Waals surface area contributed by atoms with Gasteiger partial charge in [0.1, 0.15) is 0 Å². The molecule has 2 aliphatic rings. The molecule has 3 nitrogen and oxygen atoms in total. The lowest BCUT2D eigenvalue weighted by Gasteiger charge is -2.27. The van der Waals surface area contributed by atoms with E-state index in [9.17, 15) is 0 Å². The van der Waals surface area contributed by atoms with Crippen molar-refractivity contribution in [2.45, 2.75) is 56.1 Å². The van der Waals surface area contributed by atoms with Crippen LogP contribution in [0.5, 0.6) is 0 Å². The topological polar surface area (TPSA) is 50.9 Å². The Kier molecular flexibility index (Phi) is 4.15. The second-order valence-corrected chi connectivity index (χ2v) is 7.09. The van der Waals surface area contributed by atoms with Crippen LogP contribution in [0.3, 0.4) is 0 Å². The maximum atomic E-state index is 5.99. The standard InChI is InChI=1S/C20H25N3/c21-17-7-9-18(10-8-17)23-20-12-19(20)15-5-3-14(4-6-15)16-2-1-11-22-13-16/h1-6,11,13,17-20,23H,7-10,12,21H2. The number of pyridine rings is 1. The van der Waals surface area contributed by atoms with E-state index in [-0.39, 0.29) is 0 Å². The summed E-state index contributed by atoms with van der Waals surface area (Å²) in [6.07, 6.45) is 9.84. The highest BCUT2D eigenvalue weighted by Crippen LogP contribution is 2.42. The van der Waals surface area contributed by atoms with E-state index >= 15 is 0 Å². The average Bonchev–Trinajstić information content (AvgIpc) is 3.37. The molecule has 2 aliphatic carbocycles. The third-order valence-electron chi connectivity index (χ3n) is 5.35. The summed E-state index contributed by atoms with van der Waals surface area (Å²) in [5, 5.41) is 3.84. The molecule has 2 fully saturated rings. The lowest BCUT2D eigenvalue weighted by Crippen LogP contribution is -2.38. The summed E-state index contributed by atoms with van der Waals surface area (Å²) in [5.74, 6) is 0.688. The van der Waals surface area contributed by atoms with Crippen LogP contribution in [-0.2, 0) is 0 Å². The maximum absolute atomic E-state index is 5.99. The van der Waals surface area contributed by atoms with Crippen LogP contribution in [-0.4, -0.2) is 23.1 Å². The molecule has 0 amide bonds. The Morgan fingerprint density at radius 3 is 2.43 bits per heavy atom. The first-order chi connectivity index (χ1) is 11.3. The molecular weight excluding hydrogens is 282 g/mol. The van der Waals surface area contributed by atoms with Crippen molar-refractivity contribution in [3.63, 3.8) is 0 Å². The van der Waals surface area contributed by atoms with Crippen LogP contribution in [0.2, 0.25) is 0 Å². The number of rotatable bonds is 4. The molecule has 3 heteroatoms. The summed E-state index contributed by atoms with van der Waals surface area (Å²) in [4.78, 5) is 4.19. The minimum absolute atomic E-state index is 0.433. The van der Waals surface area contributed by atoms with Crippen LogP contribution in [0.25, 0.3) is 11.1 Å². The van der Waals surface area contributed by atoms with Gasteiger partial charge in [0.25, 0.3) is 0 Å². The van der Waals surface area contributed by atoms with Crippen LogP contribution in [0.4, 0.5) is 0 Å². The largest absolute Gasteiger partial charge is 0.328 e. The van der Waals surface area contributed by atoms with Crippen molar-refractivity contribution in [2.24, 2.45) is 5.73 Å². The van der Waals surface area contributed by atoms with Gasteiger partial charge in [0.05, 0.1) is 0 Å². The van der Waals surface area contributed by atoms with Gasteiger partial charge in [-0.2, -0.15) is 0 Å². The summed E-state index contributed by atoms with van der Waals surface area (Å²) in [7, 11) is 0. The van der Waals surface area contributed by atoms with Crippen LogP contribution >= 0.6 is 0 Å². The maximum Gasteiger partial charge on any atom is 0.0346 e. The summed E-state index contributed by atoms with van der Waals surface area (Å²) in [5.41, 5.74) is 9.88. The lowest BCUT2D eigenvalue weighted by atomic mass is 9.92. The van der Waals surface area contributed by atoms with E-state index in [1.54, 1.807) is 0 Å². The molecule has 1 aromatic carbocycles. The van der Waals surface area contributed by atoms with E-state index in [0.717, 1.165) is 0 Å². The first-order valence-electron chi connectivity index (χ1n) is 8.81. The van der Waals surface area contributed by atoms with Crippen LogP contribution in [0, 0.1) is 0 Å². The SMILES string of the molecule is NC1CCC(NC2CC2c2ccc(-c3cccnc3)cc2)CC1. The van der Waals surface area contributed by atoms with Gasteiger partial charge in [-0.3, -0.25) is 4.98 Å². The zero-order valence-electron chi connectivity index (χ0n) is 13.5. The molecule has 0 aliphatic heterocycles. The first-order valence-corrected chi connectivity index (χ1v) is 8.81. The van der Waals surface area contributed by atoms with Gasteiger partial charge in [-0.25, -0.2) is 0 Å². The monoisotopic (exact) mass is 307 g/mol. The molecule has 0 spiro atoms. The highest BCUT2D eigenvalue weighted by atomic mass is 15.0. The molecular formula is C20H25N3. The van der Waals surface area contributed by atoms with Crippen molar-refractivity contribution in [2.75, 3.05) is 0 Å². The molecule has 23 heavy (non-hydrogen) atoms. The lowest BCUT2D eigenvalue weighted by molar-refractivity contribution is 0.339. The summed E-state index contributed by atoms with van der Waals surface area (Å²) < 4.78 is 0. The number of nitrogens with one attached hydrogen (secondary N) is 1. The van der Waals surface area contributed by atoms with Gasteiger partial charge in [0.15, 0.2) is 0 Å². The summed E-state index contributed by atoms with van der Waals surface area (Å²) >= 11 is 0. The van der Waals surface area contributed by atoms with Crippen LogP contribution < -0.4 is 11.1 Å². The van der Waals surface area contributed by atoms with Gasteiger partial charge >= 0.3 is 0 Å². The highest BCUT2D eigenvalue weighted by molar-refractivity contribution is 5.62. The predicted molar refractivity (Wildman–Crippen MR) is 94.2 cm³/mol. The molecule has 1 aromatic heterocycles. The third-order valence-corrected chi connectivity index (χ3v) is 5.35. The van der Waals surface area contributed by atoms with Crippen molar-refractivity contribution < 1.29 is 0 Å². The quantitative estimate of drug-likeness (QED) is 0.909. The Bertz CT molecular complexity index is 630. The van der Waals surface area contributed by atoms with E-state index in [2.05, 4.69) is 40.6 Å². The molecule has 0 bridgehead atoms. The fourth-order valence-electron chi connectivity index (χ4n) is 3.79. The number of nitrogens with two attached hydrogens (primary N) is 1. The normalized spacial score (nSPS) is 30.1. The minimum Gasteiger partial charge on any atom is -0.328 e. The number of hydrogen-bond acceptors (Lipinski definition) is 3. The van der Waals surface area contributed by atoms with Gasteiger partial charge in [-0.1, -0.05) is 30.3 Å². The number of aromatic nitrogens is 1. The zero-order valence-corrected chi connectivity index (χ0v) is 13.5. The third kappa shape index (κ3) is 3.46. The number of benzene rings is 1. The van der Waals surface area contributed by atoms with Crippen molar-refractivity contribution in [1.29, 1.82) is 0 Å². The van der Waals surface area contributed by atoms with Gasteiger partial charge in [-0.05, 0) is 54.9 Å². The molecule has 2 atom stereocenters. The fraction of sp³-hybridized carbons (Fsp3) is 0.450. The van der Waals surface area contributed by atoms with Crippen LogP contribution in [0.15, 0.2) is 48.8 Å². The molecule has 120 valence electrons. The van der Waals surface area contributed by atoms with E-state index < -0.39 is 0 Å². The van der Waals surface area contributed by atoms with Crippen LogP contribution in [0.1, 0.15) is 43.6 Å². The number of nitrogens with zero attached hydrogens (tertiary/aromatic N) is 1.